The zero-order chi connectivity index (χ0) is 19.2. The number of benzene rings is 2. The summed E-state index contributed by atoms with van der Waals surface area (Å²) >= 11 is 7.49. The fourth-order valence-corrected chi connectivity index (χ4v) is 3.47. The number of ether oxygens (including phenoxy) is 2. The molecule has 0 atom stereocenters. The van der Waals surface area contributed by atoms with Crippen molar-refractivity contribution in [3.8, 4) is 11.5 Å². The molecule has 2 aromatic carbocycles. The van der Waals surface area contributed by atoms with Crippen molar-refractivity contribution in [2.45, 2.75) is 20.5 Å². The molecule has 3 aromatic rings. The molecule has 0 aliphatic heterocycles. The van der Waals surface area contributed by atoms with Crippen molar-refractivity contribution < 1.29 is 14.3 Å². The fraction of sp³-hybridized carbons (Fsp3) is 0.190. The van der Waals surface area contributed by atoms with Gasteiger partial charge in [-0.3, -0.25) is 4.79 Å². The molecular weight excluding hydrogens is 382 g/mol. The first-order valence-corrected chi connectivity index (χ1v) is 9.82. The summed E-state index contributed by atoms with van der Waals surface area (Å²) < 4.78 is 11.4. The lowest BCUT2D eigenvalue weighted by atomic mass is 10.2. The molecule has 6 heteroatoms. The number of amides is 1. The Morgan fingerprint density at radius 1 is 1.11 bits per heavy atom. The van der Waals surface area contributed by atoms with E-state index in [2.05, 4.69) is 5.32 Å². The minimum absolute atomic E-state index is 0.161. The van der Waals surface area contributed by atoms with Gasteiger partial charge in [0, 0.05) is 16.3 Å². The number of carbonyl (C=O) groups is 1. The van der Waals surface area contributed by atoms with E-state index in [1.807, 2.05) is 61.7 Å². The van der Waals surface area contributed by atoms with E-state index in [1.54, 1.807) is 6.07 Å². The molecule has 0 saturated carbocycles. The molecule has 1 aromatic heterocycles. The number of hydrogen-bond acceptors (Lipinski definition) is 4. The molecule has 3 rings (SSSR count). The Kier molecular flexibility index (Phi) is 6.37. The van der Waals surface area contributed by atoms with Gasteiger partial charge in [0.1, 0.15) is 6.61 Å². The van der Waals surface area contributed by atoms with Crippen molar-refractivity contribution in [1.82, 2.24) is 0 Å². The average molecular weight is 402 g/mol. The average Bonchev–Trinajstić information content (AvgIpc) is 3.14. The highest BCUT2D eigenvalue weighted by Gasteiger charge is 2.12. The maximum Gasteiger partial charge on any atom is 0.265 e. The molecule has 0 spiro atoms. The van der Waals surface area contributed by atoms with Crippen molar-refractivity contribution in [2.75, 3.05) is 11.9 Å². The number of nitrogens with one attached hydrogen (secondary N) is 1. The molecule has 4 nitrogen and oxygen atoms in total. The summed E-state index contributed by atoms with van der Waals surface area (Å²) in [6.07, 6.45) is 0. The van der Waals surface area contributed by atoms with Crippen LogP contribution < -0.4 is 14.8 Å². The van der Waals surface area contributed by atoms with Crippen LogP contribution in [0, 0.1) is 6.92 Å². The summed E-state index contributed by atoms with van der Waals surface area (Å²) in [6.45, 7) is 4.75. The number of rotatable bonds is 7. The van der Waals surface area contributed by atoms with E-state index >= 15 is 0 Å². The van der Waals surface area contributed by atoms with E-state index in [9.17, 15) is 4.79 Å². The molecule has 1 heterocycles. The fourth-order valence-electron chi connectivity index (χ4n) is 2.50. The van der Waals surface area contributed by atoms with E-state index in [0.717, 1.165) is 11.1 Å². The number of hydrogen-bond donors (Lipinski definition) is 1. The maximum atomic E-state index is 12.5. The van der Waals surface area contributed by atoms with Gasteiger partial charge in [-0.2, -0.15) is 0 Å². The van der Waals surface area contributed by atoms with Crippen molar-refractivity contribution in [3.63, 3.8) is 0 Å². The molecule has 0 fully saturated rings. The zero-order valence-corrected chi connectivity index (χ0v) is 16.7. The van der Waals surface area contributed by atoms with Gasteiger partial charge in [-0.1, -0.05) is 29.8 Å². The zero-order valence-electron chi connectivity index (χ0n) is 15.1. The first-order valence-electron chi connectivity index (χ1n) is 8.57. The second-order valence-electron chi connectivity index (χ2n) is 5.85. The van der Waals surface area contributed by atoms with E-state index in [1.165, 1.54) is 11.3 Å². The number of thiophene rings is 1. The van der Waals surface area contributed by atoms with Crippen LogP contribution in [0.2, 0.25) is 5.02 Å². The Hall–Kier alpha value is -2.50. The van der Waals surface area contributed by atoms with Crippen LogP contribution in [0.1, 0.15) is 27.7 Å². The third kappa shape index (κ3) is 4.81. The Bertz CT molecular complexity index is 939. The van der Waals surface area contributed by atoms with Crippen LogP contribution in [-0.4, -0.2) is 12.5 Å². The number of anilines is 1. The molecule has 0 radical (unpaired) electrons. The third-order valence-electron chi connectivity index (χ3n) is 3.94. The van der Waals surface area contributed by atoms with Crippen LogP contribution in [0.5, 0.6) is 11.5 Å². The van der Waals surface area contributed by atoms with Gasteiger partial charge in [-0.15, -0.1) is 11.3 Å². The smallest absolute Gasteiger partial charge is 0.265 e. The second kappa shape index (κ2) is 8.93. The van der Waals surface area contributed by atoms with Gasteiger partial charge in [-0.25, -0.2) is 0 Å². The summed E-state index contributed by atoms with van der Waals surface area (Å²) in [4.78, 5) is 13.1. The molecule has 0 saturated heterocycles. The first-order chi connectivity index (χ1) is 13.1. The van der Waals surface area contributed by atoms with Crippen LogP contribution in [0.3, 0.4) is 0 Å². The predicted molar refractivity (Wildman–Crippen MR) is 110 cm³/mol. The summed E-state index contributed by atoms with van der Waals surface area (Å²) in [6, 6.07) is 14.8. The van der Waals surface area contributed by atoms with Gasteiger partial charge in [0.15, 0.2) is 11.5 Å². The second-order valence-corrected chi connectivity index (χ2v) is 7.17. The summed E-state index contributed by atoms with van der Waals surface area (Å²) in [5.74, 6) is 1.24. The van der Waals surface area contributed by atoms with Crippen LogP contribution in [0.4, 0.5) is 5.69 Å². The van der Waals surface area contributed by atoms with Crippen molar-refractivity contribution in [3.05, 3.63) is 74.9 Å². The molecule has 27 heavy (non-hydrogen) atoms. The molecule has 1 amide bonds. The number of halogens is 1. The quantitative estimate of drug-likeness (QED) is 0.533. The lowest BCUT2D eigenvalue weighted by Gasteiger charge is -2.10. The van der Waals surface area contributed by atoms with E-state index in [-0.39, 0.29) is 5.91 Å². The molecular formula is C21H20ClNO3S. The monoisotopic (exact) mass is 401 g/mol. The van der Waals surface area contributed by atoms with Crippen molar-refractivity contribution >= 4 is 34.5 Å². The van der Waals surface area contributed by atoms with Crippen molar-refractivity contribution in [1.29, 1.82) is 0 Å². The van der Waals surface area contributed by atoms with Gasteiger partial charge < -0.3 is 14.8 Å². The molecule has 0 unspecified atom stereocenters. The van der Waals surface area contributed by atoms with E-state index < -0.39 is 0 Å². The minimum atomic E-state index is -0.161. The van der Waals surface area contributed by atoms with Crippen LogP contribution in [0.25, 0.3) is 0 Å². The Labute approximate surface area is 167 Å². The van der Waals surface area contributed by atoms with E-state index in [4.69, 9.17) is 21.1 Å². The van der Waals surface area contributed by atoms with Crippen molar-refractivity contribution in [2.24, 2.45) is 0 Å². The van der Waals surface area contributed by atoms with Gasteiger partial charge in [-0.05, 0) is 55.1 Å². The highest BCUT2D eigenvalue weighted by atomic mass is 35.5. The maximum absolute atomic E-state index is 12.5. The molecule has 1 N–H and O–H groups in total. The highest BCUT2D eigenvalue weighted by Crippen LogP contribution is 2.28. The third-order valence-corrected chi connectivity index (χ3v) is 5.32. The largest absolute Gasteiger partial charge is 0.490 e. The van der Waals surface area contributed by atoms with Crippen LogP contribution in [-0.2, 0) is 6.61 Å². The standard InChI is InChI=1S/C21H20ClNO3S/c1-3-25-18-9-4-5-10-19(18)26-12-15-11-20(27-13-15)21(24)23-17-8-6-7-16(22)14(17)2/h4-11,13H,3,12H2,1-2H3,(H,23,24). The SMILES string of the molecule is CCOc1ccccc1OCc1csc(C(=O)Nc2cccc(Cl)c2C)c1. The lowest BCUT2D eigenvalue weighted by molar-refractivity contribution is 0.103. The first kappa shape index (κ1) is 19.3. The summed E-state index contributed by atoms with van der Waals surface area (Å²) in [7, 11) is 0. The Balaban J connectivity index is 1.65. The minimum Gasteiger partial charge on any atom is -0.490 e. The molecule has 140 valence electrons. The Morgan fingerprint density at radius 3 is 2.59 bits per heavy atom. The molecule has 0 aliphatic carbocycles. The lowest BCUT2D eigenvalue weighted by Crippen LogP contribution is -2.11. The number of para-hydroxylation sites is 2. The number of carbonyl (C=O) groups excluding carboxylic acids is 1. The summed E-state index contributed by atoms with van der Waals surface area (Å²) in [5.41, 5.74) is 2.49. The van der Waals surface area contributed by atoms with Crippen LogP contribution in [0.15, 0.2) is 53.9 Å². The summed E-state index contributed by atoms with van der Waals surface area (Å²) in [5, 5.41) is 5.45. The van der Waals surface area contributed by atoms with Gasteiger partial charge in [0.25, 0.3) is 5.91 Å². The predicted octanol–water partition coefficient (Wildman–Crippen LogP) is 5.94. The topological polar surface area (TPSA) is 47.6 Å². The highest BCUT2D eigenvalue weighted by molar-refractivity contribution is 7.12. The molecule has 0 bridgehead atoms. The normalized spacial score (nSPS) is 10.5. The van der Waals surface area contributed by atoms with Gasteiger partial charge >= 0.3 is 0 Å². The Morgan fingerprint density at radius 2 is 1.85 bits per heavy atom. The van der Waals surface area contributed by atoms with Gasteiger partial charge in [0.2, 0.25) is 0 Å². The van der Waals surface area contributed by atoms with Gasteiger partial charge in [0.05, 0.1) is 11.5 Å². The van der Waals surface area contributed by atoms with Crippen LogP contribution >= 0.6 is 22.9 Å². The molecule has 0 aliphatic rings. The van der Waals surface area contributed by atoms with E-state index in [0.29, 0.717) is 40.3 Å².